The van der Waals surface area contributed by atoms with E-state index in [0.717, 1.165) is 29.4 Å². The number of nitrogens with two attached hydrogens (primary N) is 1. The van der Waals surface area contributed by atoms with Gasteiger partial charge in [-0.3, -0.25) is 14.8 Å². The topological polar surface area (TPSA) is 92.3 Å². The fourth-order valence-electron chi connectivity index (χ4n) is 3.32. The monoisotopic (exact) mass is 328 g/mol. The highest BCUT2D eigenvalue weighted by molar-refractivity contribution is 5.78. The average Bonchev–Trinajstić information content (AvgIpc) is 2.96. The zero-order valence-corrected chi connectivity index (χ0v) is 13.8. The second kappa shape index (κ2) is 7.68. The van der Waals surface area contributed by atoms with Gasteiger partial charge >= 0.3 is 0 Å². The van der Waals surface area contributed by atoms with Crippen molar-refractivity contribution in [2.45, 2.75) is 31.8 Å². The molecule has 1 saturated heterocycles. The van der Waals surface area contributed by atoms with E-state index in [9.17, 15) is 9.90 Å². The van der Waals surface area contributed by atoms with Gasteiger partial charge in [-0.2, -0.15) is 0 Å². The summed E-state index contributed by atoms with van der Waals surface area (Å²) in [6.45, 7) is 1.63. The molecule has 3 N–H and O–H groups in total. The van der Waals surface area contributed by atoms with Gasteiger partial charge in [0.15, 0.2) is 0 Å². The Kier molecular flexibility index (Phi) is 5.37. The molecule has 0 aliphatic carbocycles. The first-order valence-electron chi connectivity index (χ1n) is 8.53. The van der Waals surface area contributed by atoms with Crippen molar-refractivity contribution in [2.75, 3.05) is 19.6 Å². The lowest BCUT2D eigenvalue weighted by atomic mass is 9.96. The number of aromatic nitrogens is 2. The van der Waals surface area contributed by atoms with Gasteiger partial charge in [-0.05, 0) is 49.6 Å². The van der Waals surface area contributed by atoms with Crippen LogP contribution in [0.1, 0.15) is 24.8 Å². The summed E-state index contributed by atoms with van der Waals surface area (Å²) in [5.74, 6) is 0.152. The van der Waals surface area contributed by atoms with Crippen LogP contribution in [0.2, 0.25) is 0 Å². The van der Waals surface area contributed by atoms with Gasteiger partial charge in [-0.15, -0.1) is 0 Å². The molecule has 0 unspecified atom stereocenters. The van der Waals surface area contributed by atoms with E-state index in [2.05, 4.69) is 9.97 Å². The number of likely N-dealkylation sites (tertiary alicyclic amines) is 1. The minimum absolute atomic E-state index is 0.0380. The molecule has 1 aliphatic heterocycles. The summed E-state index contributed by atoms with van der Waals surface area (Å²) in [6.07, 6.45) is 5.92. The number of fused-ring (bicyclic) bond motifs is 1. The number of amides is 1. The van der Waals surface area contributed by atoms with Crippen molar-refractivity contribution in [3.63, 3.8) is 0 Å². The maximum atomic E-state index is 12.2. The second-order valence-electron chi connectivity index (χ2n) is 6.42. The van der Waals surface area contributed by atoms with Crippen molar-refractivity contribution < 1.29 is 9.90 Å². The number of carbonyl (C=O) groups excluding carboxylic acids is 1. The number of rotatable bonds is 6. The molecule has 1 fully saturated rings. The van der Waals surface area contributed by atoms with Crippen LogP contribution in [0.5, 0.6) is 0 Å². The summed E-state index contributed by atoms with van der Waals surface area (Å²) in [7, 11) is 0. The first-order valence-corrected chi connectivity index (χ1v) is 8.53. The van der Waals surface area contributed by atoms with Crippen LogP contribution in [0, 0.1) is 5.92 Å². The molecule has 0 saturated carbocycles. The fraction of sp³-hybridized carbons (Fsp3) is 0.500. The molecule has 2 atom stereocenters. The van der Waals surface area contributed by atoms with Crippen molar-refractivity contribution >= 4 is 16.9 Å². The molecule has 2 aromatic rings. The van der Waals surface area contributed by atoms with Gasteiger partial charge in [0, 0.05) is 37.8 Å². The minimum atomic E-state index is -0.490. The smallest absolute Gasteiger partial charge is 0.222 e. The number of aliphatic hydroxyl groups excluding tert-OH is 1. The van der Waals surface area contributed by atoms with Crippen LogP contribution in [0.3, 0.4) is 0 Å². The Hall–Kier alpha value is -2.05. The lowest BCUT2D eigenvalue weighted by Crippen LogP contribution is -2.29. The molecule has 0 bridgehead atoms. The third-order valence-electron chi connectivity index (χ3n) is 4.67. The van der Waals surface area contributed by atoms with Crippen molar-refractivity contribution in [3.8, 4) is 0 Å². The summed E-state index contributed by atoms with van der Waals surface area (Å²) in [4.78, 5) is 22.7. The van der Waals surface area contributed by atoms with E-state index in [4.69, 9.17) is 5.73 Å². The van der Waals surface area contributed by atoms with Gasteiger partial charge in [0.05, 0.1) is 17.1 Å². The average molecular weight is 328 g/mol. The Morgan fingerprint density at radius 2 is 2.12 bits per heavy atom. The van der Waals surface area contributed by atoms with Crippen LogP contribution in [0.15, 0.2) is 30.6 Å². The Bertz CT molecular complexity index is 701. The summed E-state index contributed by atoms with van der Waals surface area (Å²) in [5.41, 5.74) is 8.27. The molecule has 6 nitrogen and oxygen atoms in total. The van der Waals surface area contributed by atoms with Gasteiger partial charge in [0.1, 0.15) is 0 Å². The van der Waals surface area contributed by atoms with Crippen LogP contribution >= 0.6 is 0 Å². The van der Waals surface area contributed by atoms with Crippen LogP contribution in [-0.4, -0.2) is 51.6 Å². The van der Waals surface area contributed by atoms with E-state index < -0.39 is 6.10 Å². The predicted molar refractivity (Wildman–Crippen MR) is 92.2 cm³/mol. The Labute approximate surface area is 141 Å². The minimum Gasteiger partial charge on any atom is -0.391 e. The molecule has 24 heavy (non-hydrogen) atoms. The molecule has 3 heterocycles. The van der Waals surface area contributed by atoms with Crippen molar-refractivity contribution in [2.24, 2.45) is 11.7 Å². The maximum Gasteiger partial charge on any atom is 0.222 e. The third-order valence-corrected chi connectivity index (χ3v) is 4.67. The molecule has 2 aromatic heterocycles. The summed E-state index contributed by atoms with van der Waals surface area (Å²) < 4.78 is 0. The molecule has 0 radical (unpaired) electrons. The van der Waals surface area contributed by atoms with Gasteiger partial charge in [0.25, 0.3) is 0 Å². The molecular weight excluding hydrogens is 304 g/mol. The number of unbranched alkanes of at least 4 members (excludes halogenated alkanes) is 1. The van der Waals surface area contributed by atoms with E-state index in [1.807, 2.05) is 18.2 Å². The molecule has 0 spiro atoms. The van der Waals surface area contributed by atoms with E-state index in [1.54, 1.807) is 17.3 Å². The van der Waals surface area contributed by atoms with E-state index in [0.29, 0.717) is 32.5 Å². The quantitative estimate of drug-likeness (QED) is 0.775. The highest BCUT2D eigenvalue weighted by Crippen LogP contribution is 2.25. The molecule has 0 aromatic carbocycles. The molecule has 1 aliphatic rings. The van der Waals surface area contributed by atoms with Crippen molar-refractivity contribution in [1.29, 1.82) is 0 Å². The number of pyridine rings is 2. The molecule has 1 amide bonds. The maximum absolute atomic E-state index is 12.2. The highest BCUT2D eigenvalue weighted by Gasteiger charge is 2.33. The molecule has 6 heteroatoms. The van der Waals surface area contributed by atoms with Crippen molar-refractivity contribution in [1.82, 2.24) is 14.9 Å². The van der Waals surface area contributed by atoms with E-state index >= 15 is 0 Å². The number of nitrogens with zero attached hydrogens (tertiary/aromatic N) is 3. The number of aliphatic hydroxyl groups is 1. The van der Waals surface area contributed by atoms with Crippen molar-refractivity contribution in [3.05, 3.63) is 36.2 Å². The first kappa shape index (κ1) is 16.8. The van der Waals surface area contributed by atoms with Crippen LogP contribution in [-0.2, 0) is 11.2 Å². The third kappa shape index (κ3) is 3.71. The lowest BCUT2D eigenvalue weighted by Gasteiger charge is -2.16. The number of carbonyl (C=O) groups is 1. The fourth-order valence-corrected chi connectivity index (χ4v) is 3.32. The largest absolute Gasteiger partial charge is 0.391 e. The summed E-state index contributed by atoms with van der Waals surface area (Å²) in [6, 6.07) is 5.75. The van der Waals surface area contributed by atoms with Crippen LogP contribution < -0.4 is 5.73 Å². The zero-order chi connectivity index (χ0) is 16.9. The second-order valence-corrected chi connectivity index (χ2v) is 6.42. The molecule has 3 rings (SSSR count). The standard InChI is InChI=1S/C18H24N4O2/c19-7-2-1-5-17(24)22-11-14(16(23)12-22)10-13-6-9-20-15-4-3-8-21-18(13)15/h3-4,6,8-9,14,16,23H,1-2,5,7,10-12,19H2/t14-,16+/m1/s1. The lowest BCUT2D eigenvalue weighted by molar-refractivity contribution is -0.130. The predicted octanol–water partition coefficient (Wildman–Crippen LogP) is 1.12. The first-order chi connectivity index (χ1) is 11.7. The Morgan fingerprint density at radius 3 is 2.96 bits per heavy atom. The van der Waals surface area contributed by atoms with E-state index in [-0.39, 0.29) is 11.8 Å². The molecular formula is C18H24N4O2. The highest BCUT2D eigenvalue weighted by atomic mass is 16.3. The number of hydrogen-bond acceptors (Lipinski definition) is 5. The number of hydrogen-bond donors (Lipinski definition) is 2. The van der Waals surface area contributed by atoms with Gasteiger partial charge in [-0.25, -0.2) is 0 Å². The zero-order valence-electron chi connectivity index (χ0n) is 13.8. The Morgan fingerprint density at radius 1 is 1.25 bits per heavy atom. The van der Waals surface area contributed by atoms with Gasteiger partial charge in [0.2, 0.25) is 5.91 Å². The summed E-state index contributed by atoms with van der Waals surface area (Å²) >= 11 is 0. The van der Waals surface area contributed by atoms with Crippen LogP contribution in [0.4, 0.5) is 0 Å². The molecule has 128 valence electrons. The normalized spacial score (nSPS) is 20.7. The summed E-state index contributed by atoms with van der Waals surface area (Å²) in [5, 5.41) is 10.4. The van der Waals surface area contributed by atoms with E-state index in [1.165, 1.54) is 0 Å². The Balaban J connectivity index is 1.66. The SMILES string of the molecule is NCCCCC(=O)N1C[C@@H](Cc2ccnc3cccnc23)[C@@H](O)C1. The number of β-amino-alcohol motifs (C(OH)–C–C–N with tert-alkyl or cyclic N) is 1. The van der Waals surface area contributed by atoms with Gasteiger partial charge in [-0.1, -0.05) is 0 Å². The van der Waals surface area contributed by atoms with Crippen LogP contribution in [0.25, 0.3) is 11.0 Å². The van der Waals surface area contributed by atoms with Gasteiger partial charge < -0.3 is 15.7 Å².